The van der Waals surface area contributed by atoms with Gasteiger partial charge in [0.15, 0.2) is 6.17 Å². The van der Waals surface area contributed by atoms with Crippen LogP contribution in [0.1, 0.15) is 98.8 Å². The molecule has 2 aliphatic rings. The Kier molecular flexibility index (Phi) is 13.3. The van der Waals surface area contributed by atoms with E-state index in [1.54, 1.807) is 6.08 Å². The summed E-state index contributed by atoms with van der Waals surface area (Å²) in [5.74, 6) is 2.61. The van der Waals surface area contributed by atoms with Crippen LogP contribution in [0.2, 0.25) is 0 Å². The summed E-state index contributed by atoms with van der Waals surface area (Å²) in [5.41, 5.74) is 0. The Morgan fingerprint density at radius 3 is 2.21 bits per heavy atom. The third-order valence-electron chi connectivity index (χ3n) is 7.39. The van der Waals surface area contributed by atoms with Gasteiger partial charge in [0, 0.05) is 0 Å². The van der Waals surface area contributed by atoms with E-state index in [0.29, 0.717) is 13.0 Å². The molecule has 3 heteroatoms. The minimum absolute atomic E-state index is 0.155. The average molecular weight is 415 g/mol. The zero-order chi connectivity index (χ0) is 21.8. The standard InChI is InChI=1S/C24H42F2O.C2H6/c1-5-7-19(20-11-8-17(3)9-12-20)13-10-18(4)21-14-15-22(27-16-6-2)24(26)23(21)25;1-2/h6,17-24H,2,5,7-16H2,1,3-4H3;1-2H3. The molecule has 0 N–H and O–H groups in total. The molecule has 0 radical (unpaired) electrons. The van der Waals surface area contributed by atoms with Gasteiger partial charge in [-0.1, -0.05) is 72.8 Å². The molecule has 0 saturated heterocycles. The summed E-state index contributed by atoms with van der Waals surface area (Å²) < 4.78 is 34.7. The van der Waals surface area contributed by atoms with Crippen LogP contribution in [0.25, 0.3) is 0 Å². The highest BCUT2D eigenvalue weighted by Gasteiger charge is 2.42. The van der Waals surface area contributed by atoms with Gasteiger partial charge in [-0.2, -0.15) is 0 Å². The van der Waals surface area contributed by atoms with Gasteiger partial charge < -0.3 is 4.74 Å². The van der Waals surface area contributed by atoms with E-state index in [1.165, 1.54) is 44.9 Å². The van der Waals surface area contributed by atoms with E-state index in [1.807, 2.05) is 13.8 Å². The van der Waals surface area contributed by atoms with Crippen molar-refractivity contribution in [2.75, 3.05) is 6.61 Å². The quantitative estimate of drug-likeness (QED) is 0.326. The summed E-state index contributed by atoms with van der Waals surface area (Å²) in [5, 5.41) is 0. The van der Waals surface area contributed by atoms with E-state index in [0.717, 1.165) is 30.6 Å². The first-order valence-electron chi connectivity index (χ1n) is 12.5. The summed E-state index contributed by atoms with van der Waals surface area (Å²) in [6.45, 7) is 14.7. The first kappa shape index (κ1) is 26.6. The Labute approximate surface area is 180 Å². The van der Waals surface area contributed by atoms with Crippen LogP contribution in [0.4, 0.5) is 8.78 Å². The maximum Gasteiger partial charge on any atom is 0.157 e. The highest BCUT2D eigenvalue weighted by atomic mass is 19.2. The van der Waals surface area contributed by atoms with Crippen LogP contribution in [0, 0.1) is 29.6 Å². The lowest BCUT2D eigenvalue weighted by Gasteiger charge is -2.38. The zero-order valence-corrected chi connectivity index (χ0v) is 19.8. The fraction of sp³-hybridized carbons (Fsp3) is 0.923. The van der Waals surface area contributed by atoms with Gasteiger partial charge in [0.25, 0.3) is 0 Å². The molecule has 6 unspecified atom stereocenters. The van der Waals surface area contributed by atoms with Crippen molar-refractivity contribution >= 4 is 0 Å². The van der Waals surface area contributed by atoms with Gasteiger partial charge in [0.05, 0.1) is 12.7 Å². The molecule has 2 rings (SSSR count). The molecule has 6 atom stereocenters. The van der Waals surface area contributed by atoms with Crippen molar-refractivity contribution in [1.29, 1.82) is 0 Å². The number of hydrogen-bond acceptors (Lipinski definition) is 1. The summed E-state index contributed by atoms with van der Waals surface area (Å²) >= 11 is 0. The Hall–Kier alpha value is -0.440. The van der Waals surface area contributed by atoms with Crippen molar-refractivity contribution in [3.63, 3.8) is 0 Å². The van der Waals surface area contributed by atoms with Crippen molar-refractivity contribution in [3.8, 4) is 0 Å². The molecular formula is C26H48F2O. The Morgan fingerprint density at radius 1 is 0.966 bits per heavy atom. The molecule has 0 aromatic rings. The molecule has 2 saturated carbocycles. The Balaban J connectivity index is 0.00000204. The van der Waals surface area contributed by atoms with Gasteiger partial charge in [0.1, 0.15) is 6.17 Å². The highest BCUT2D eigenvalue weighted by molar-refractivity contribution is 4.91. The average Bonchev–Trinajstić information content (AvgIpc) is 2.74. The third-order valence-corrected chi connectivity index (χ3v) is 7.39. The first-order chi connectivity index (χ1) is 14.0. The van der Waals surface area contributed by atoms with Crippen LogP contribution in [-0.4, -0.2) is 25.1 Å². The van der Waals surface area contributed by atoms with Gasteiger partial charge in [-0.05, 0) is 61.7 Å². The summed E-state index contributed by atoms with van der Waals surface area (Å²) in [4.78, 5) is 0. The Bertz CT molecular complexity index is 419. The fourth-order valence-corrected chi connectivity index (χ4v) is 5.52. The van der Waals surface area contributed by atoms with E-state index in [2.05, 4.69) is 27.4 Å². The molecule has 2 fully saturated rings. The van der Waals surface area contributed by atoms with E-state index < -0.39 is 18.4 Å². The van der Waals surface area contributed by atoms with Crippen LogP contribution in [-0.2, 0) is 4.74 Å². The van der Waals surface area contributed by atoms with E-state index in [9.17, 15) is 8.78 Å². The van der Waals surface area contributed by atoms with Crippen LogP contribution in [0.3, 0.4) is 0 Å². The lowest BCUT2D eigenvalue weighted by atomic mass is 9.71. The number of alkyl halides is 2. The molecule has 0 bridgehead atoms. The molecule has 1 nitrogen and oxygen atoms in total. The van der Waals surface area contributed by atoms with Gasteiger partial charge in [-0.25, -0.2) is 8.78 Å². The smallest absolute Gasteiger partial charge is 0.157 e. The second-order valence-electron chi connectivity index (χ2n) is 9.41. The second kappa shape index (κ2) is 14.5. The lowest BCUT2D eigenvalue weighted by Crippen LogP contribution is -2.45. The van der Waals surface area contributed by atoms with Gasteiger partial charge >= 0.3 is 0 Å². The zero-order valence-electron chi connectivity index (χ0n) is 19.8. The van der Waals surface area contributed by atoms with Gasteiger partial charge in [-0.15, -0.1) is 6.58 Å². The fourth-order valence-electron chi connectivity index (χ4n) is 5.52. The van der Waals surface area contributed by atoms with Gasteiger partial charge in [-0.3, -0.25) is 0 Å². The predicted molar refractivity (Wildman–Crippen MR) is 122 cm³/mol. The van der Waals surface area contributed by atoms with Crippen LogP contribution in [0.15, 0.2) is 12.7 Å². The predicted octanol–water partition coefficient (Wildman–Crippen LogP) is 8.33. The largest absolute Gasteiger partial charge is 0.371 e. The highest BCUT2D eigenvalue weighted by Crippen LogP contribution is 2.41. The van der Waals surface area contributed by atoms with Crippen molar-refractivity contribution < 1.29 is 13.5 Å². The maximum atomic E-state index is 14.8. The molecule has 29 heavy (non-hydrogen) atoms. The molecule has 0 amide bonds. The Morgan fingerprint density at radius 2 is 1.62 bits per heavy atom. The molecule has 0 aromatic carbocycles. The monoisotopic (exact) mass is 414 g/mol. The van der Waals surface area contributed by atoms with Gasteiger partial charge in [0.2, 0.25) is 0 Å². The van der Waals surface area contributed by atoms with Crippen molar-refractivity contribution in [2.24, 2.45) is 29.6 Å². The number of halogens is 2. The normalized spacial score (nSPS) is 34.6. The summed E-state index contributed by atoms with van der Waals surface area (Å²) in [6, 6.07) is 0. The van der Waals surface area contributed by atoms with Crippen LogP contribution >= 0.6 is 0 Å². The molecule has 172 valence electrons. The van der Waals surface area contributed by atoms with Crippen molar-refractivity contribution in [1.82, 2.24) is 0 Å². The first-order valence-corrected chi connectivity index (χ1v) is 12.5. The van der Waals surface area contributed by atoms with Crippen LogP contribution in [0.5, 0.6) is 0 Å². The van der Waals surface area contributed by atoms with E-state index in [4.69, 9.17) is 4.74 Å². The van der Waals surface area contributed by atoms with Crippen molar-refractivity contribution in [2.45, 2.75) is 117 Å². The summed E-state index contributed by atoms with van der Waals surface area (Å²) in [6.07, 6.45) is 9.71. The molecule has 0 aliphatic heterocycles. The SMILES string of the molecule is C=CCOC1CCC(C(C)CCC(CCC)C2CCC(C)CC2)C(F)C1F.CC. The van der Waals surface area contributed by atoms with E-state index in [-0.39, 0.29) is 11.8 Å². The molecule has 2 aliphatic carbocycles. The maximum absolute atomic E-state index is 14.8. The summed E-state index contributed by atoms with van der Waals surface area (Å²) in [7, 11) is 0. The van der Waals surface area contributed by atoms with E-state index >= 15 is 0 Å². The number of ether oxygens (including phenoxy) is 1. The number of hydrogen-bond donors (Lipinski definition) is 0. The second-order valence-corrected chi connectivity index (χ2v) is 9.41. The number of rotatable bonds is 10. The van der Waals surface area contributed by atoms with Crippen molar-refractivity contribution in [3.05, 3.63) is 12.7 Å². The minimum Gasteiger partial charge on any atom is -0.371 e. The molecule has 0 aromatic heterocycles. The topological polar surface area (TPSA) is 9.23 Å². The molecular weight excluding hydrogens is 366 g/mol. The lowest BCUT2D eigenvalue weighted by molar-refractivity contribution is -0.0766. The third kappa shape index (κ3) is 8.31. The minimum atomic E-state index is -1.49. The molecule has 0 spiro atoms. The van der Waals surface area contributed by atoms with Crippen LogP contribution < -0.4 is 0 Å². The molecule has 0 heterocycles.